The maximum Gasteiger partial charge on any atom is 0.379 e. The number of esters is 1. The molecule has 0 heterocycles. The number of rotatable bonds is 19. The van der Waals surface area contributed by atoms with Crippen molar-refractivity contribution in [2.45, 2.75) is 71.1 Å². The van der Waals surface area contributed by atoms with Crippen molar-refractivity contribution in [2.24, 2.45) is 0 Å². The Morgan fingerprint density at radius 1 is 0.655 bits per heavy atom. The van der Waals surface area contributed by atoms with Gasteiger partial charge in [0, 0.05) is 12.2 Å². The number of benzene rings is 1. The minimum atomic E-state index is -0.850. The Bertz CT molecular complexity index is 529. The summed E-state index contributed by atoms with van der Waals surface area (Å²) in [6.07, 6.45) is 13.1. The predicted octanol–water partition coefficient (Wildman–Crippen LogP) is 5.37. The molecule has 5 nitrogen and oxygen atoms in total. The first-order valence-corrected chi connectivity index (χ1v) is 11.2. The largest absolute Gasteiger partial charge is 0.457 e. The highest BCUT2D eigenvalue weighted by atomic mass is 16.6. The van der Waals surface area contributed by atoms with Gasteiger partial charge in [0.05, 0.1) is 19.8 Å². The zero-order valence-electron chi connectivity index (χ0n) is 18.0. The molecule has 0 unspecified atom stereocenters. The molecule has 1 rings (SSSR count). The van der Waals surface area contributed by atoms with E-state index in [2.05, 4.69) is 6.92 Å². The monoisotopic (exact) mass is 406 g/mol. The first-order valence-electron chi connectivity index (χ1n) is 11.2. The smallest absolute Gasteiger partial charge is 0.379 e. The zero-order valence-corrected chi connectivity index (χ0v) is 18.0. The average molecular weight is 407 g/mol. The van der Waals surface area contributed by atoms with Crippen LogP contribution in [0, 0.1) is 0 Å². The Kier molecular flexibility index (Phi) is 16.0. The first-order chi connectivity index (χ1) is 14.3. The number of ketones is 1. The molecule has 0 spiro atoms. The highest BCUT2D eigenvalue weighted by Crippen LogP contribution is 2.10. The summed E-state index contributed by atoms with van der Waals surface area (Å²) in [4.78, 5) is 23.5. The highest BCUT2D eigenvalue weighted by Gasteiger charge is 2.16. The van der Waals surface area contributed by atoms with Crippen LogP contribution in [0.5, 0.6) is 0 Å². The Balaban J connectivity index is 1.81. The zero-order chi connectivity index (χ0) is 21.0. The molecule has 0 N–H and O–H groups in total. The van der Waals surface area contributed by atoms with E-state index in [1.165, 1.54) is 57.8 Å². The van der Waals surface area contributed by atoms with Crippen LogP contribution in [-0.4, -0.2) is 44.8 Å². The van der Waals surface area contributed by atoms with Gasteiger partial charge < -0.3 is 14.2 Å². The van der Waals surface area contributed by atoms with Gasteiger partial charge in [-0.25, -0.2) is 4.79 Å². The van der Waals surface area contributed by atoms with Gasteiger partial charge in [0.25, 0.3) is 5.78 Å². The summed E-state index contributed by atoms with van der Waals surface area (Å²) in [6, 6.07) is 8.38. The van der Waals surface area contributed by atoms with Gasteiger partial charge in [-0.3, -0.25) is 4.79 Å². The van der Waals surface area contributed by atoms with E-state index < -0.39 is 11.8 Å². The van der Waals surface area contributed by atoms with Crippen molar-refractivity contribution in [2.75, 3.05) is 33.0 Å². The Morgan fingerprint density at radius 3 is 1.79 bits per heavy atom. The Labute approximate surface area is 176 Å². The van der Waals surface area contributed by atoms with E-state index in [0.717, 1.165) is 13.0 Å². The number of carbonyl (C=O) groups is 2. The molecule has 0 aliphatic heterocycles. The first kappa shape index (κ1) is 25.3. The van der Waals surface area contributed by atoms with Crippen LogP contribution in [0.2, 0.25) is 0 Å². The van der Waals surface area contributed by atoms with Crippen LogP contribution in [0.4, 0.5) is 0 Å². The molecule has 1 aromatic carbocycles. The van der Waals surface area contributed by atoms with E-state index in [4.69, 9.17) is 14.2 Å². The van der Waals surface area contributed by atoms with E-state index in [0.29, 0.717) is 18.8 Å². The quantitative estimate of drug-likeness (QED) is 0.134. The number of unbranched alkanes of at least 4 members (excludes halogenated alkanes) is 9. The molecule has 1 aromatic rings. The highest BCUT2D eigenvalue weighted by molar-refractivity contribution is 6.40. The third-order valence-electron chi connectivity index (χ3n) is 4.70. The second-order valence-corrected chi connectivity index (χ2v) is 7.24. The summed E-state index contributed by atoms with van der Waals surface area (Å²) in [5, 5.41) is 0. The molecule has 0 fully saturated rings. The van der Waals surface area contributed by atoms with Crippen molar-refractivity contribution in [1.82, 2.24) is 0 Å². The van der Waals surface area contributed by atoms with Crippen LogP contribution in [0.3, 0.4) is 0 Å². The molecule has 0 radical (unpaired) electrons. The van der Waals surface area contributed by atoms with Gasteiger partial charge in [-0.15, -0.1) is 0 Å². The molecule has 0 aliphatic rings. The van der Waals surface area contributed by atoms with Gasteiger partial charge in [0.1, 0.15) is 6.61 Å². The molecule has 164 valence electrons. The van der Waals surface area contributed by atoms with Gasteiger partial charge in [-0.1, -0.05) is 95.0 Å². The molecule has 0 atom stereocenters. The number of carbonyl (C=O) groups excluding carboxylic acids is 2. The van der Waals surface area contributed by atoms with E-state index in [1.807, 2.05) is 0 Å². The predicted molar refractivity (Wildman–Crippen MR) is 115 cm³/mol. The lowest BCUT2D eigenvalue weighted by molar-refractivity contribution is -0.139. The third kappa shape index (κ3) is 14.0. The van der Waals surface area contributed by atoms with Crippen molar-refractivity contribution >= 4 is 11.8 Å². The molecule has 5 heteroatoms. The van der Waals surface area contributed by atoms with Crippen molar-refractivity contribution in [3.63, 3.8) is 0 Å². The van der Waals surface area contributed by atoms with Crippen molar-refractivity contribution in [1.29, 1.82) is 0 Å². The maximum atomic E-state index is 11.8. The minimum Gasteiger partial charge on any atom is -0.457 e. The second-order valence-electron chi connectivity index (χ2n) is 7.24. The molecular weight excluding hydrogens is 368 g/mol. The van der Waals surface area contributed by atoms with Crippen LogP contribution >= 0.6 is 0 Å². The minimum absolute atomic E-state index is 0.0653. The molecule has 0 aromatic heterocycles. The molecular formula is C24H38O5. The lowest BCUT2D eigenvalue weighted by Crippen LogP contribution is -2.20. The SMILES string of the molecule is CCCCCCCCCCCCOCCOCCOC(=O)C(=O)c1ccccc1. The summed E-state index contributed by atoms with van der Waals surface area (Å²) in [7, 11) is 0. The fraction of sp³-hybridized carbons (Fsp3) is 0.667. The normalized spacial score (nSPS) is 10.8. The number of Topliss-reactive ketones (excluding diaryl/α,β-unsaturated/α-hetero) is 1. The molecule has 0 bridgehead atoms. The summed E-state index contributed by atoms with van der Waals surface area (Å²) >= 11 is 0. The van der Waals surface area contributed by atoms with Crippen molar-refractivity contribution in [3.05, 3.63) is 35.9 Å². The van der Waals surface area contributed by atoms with Gasteiger partial charge in [-0.05, 0) is 6.42 Å². The lowest BCUT2D eigenvalue weighted by Gasteiger charge is -2.07. The molecule has 0 amide bonds. The van der Waals surface area contributed by atoms with Crippen molar-refractivity contribution in [3.8, 4) is 0 Å². The lowest BCUT2D eigenvalue weighted by atomic mass is 10.1. The Morgan fingerprint density at radius 2 is 1.17 bits per heavy atom. The molecule has 0 saturated carbocycles. The van der Waals surface area contributed by atoms with Crippen LogP contribution in [-0.2, 0) is 19.0 Å². The standard InChI is InChI=1S/C24H38O5/c1-2-3-4-5-6-7-8-9-10-14-17-27-18-19-28-20-21-29-24(26)23(25)22-15-12-11-13-16-22/h11-13,15-16H,2-10,14,17-21H2,1H3. The molecule has 0 saturated heterocycles. The summed E-state index contributed by atoms with van der Waals surface area (Å²) < 4.78 is 15.8. The third-order valence-corrected chi connectivity index (χ3v) is 4.70. The fourth-order valence-electron chi connectivity index (χ4n) is 2.98. The number of hydrogen-bond donors (Lipinski definition) is 0. The van der Waals surface area contributed by atoms with Crippen molar-refractivity contribution < 1.29 is 23.8 Å². The number of hydrogen-bond acceptors (Lipinski definition) is 5. The van der Waals surface area contributed by atoms with Crippen LogP contribution < -0.4 is 0 Å². The van der Waals surface area contributed by atoms with Crippen LogP contribution in [0.1, 0.15) is 81.5 Å². The van der Waals surface area contributed by atoms with Crippen LogP contribution in [0.15, 0.2) is 30.3 Å². The van der Waals surface area contributed by atoms with E-state index in [9.17, 15) is 9.59 Å². The van der Waals surface area contributed by atoms with E-state index >= 15 is 0 Å². The van der Waals surface area contributed by atoms with E-state index in [-0.39, 0.29) is 13.2 Å². The summed E-state index contributed by atoms with van der Waals surface area (Å²) in [5.74, 6) is -1.48. The number of ether oxygens (including phenoxy) is 3. The van der Waals surface area contributed by atoms with Crippen LogP contribution in [0.25, 0.3) is 0 Å². The molecule has 0 aliphatic carbocycles. The van der Waals surface area contributed by atoms with Gasteiger partial charge >= 0.3 is 5.97 Å². The van der Waals surface area contributed by atoms with Gasteiger partial charge in [-0.2, -0.15) is 0 Å². The summed E-state index contributed by atoms with van der Waals surface area (Å²) in [5.41, 5.74) is 0.332. The second kappa shape index (κ2) is 18.3. The molecule has 29 heavy (non-hydrogen) atoms. The average Bonchev–Trinajstić information content (AvgIpc) is 2.75. The topological polar surface area (TPSA) is 61.8 Å². The van der Waals surface area contributed by atoms with Gasteiger partial charge in [0.15, 0.2) is 0 Å². The van der Waals surface area contributed by atoms with E-state index in [1.54, 1.807) is 30.3 Å². The summed E-state index contributed by atoms with van der Waals surface area (Å²) in [6.45, 7) is 4.34. The van der Waals surface area contributed by atoms with Gasteiger partial charge in [0.2, 0.25) is 0 Å². The fourth-order valence-corrected chi connectivity index (χ4v) is 2.98. The Hall–Kier alpha value is -1.72. The maximum absolute atomic E-state index is 11.8.